The molecule has 0 heterocycles. The minimum Gasteiger partial charge on any atom is -0.479 e. The summed E-state index contributed by atoms with van der Waals surface area (Å²) in [7, 11) is 0. The SMILES string of the molecule is Cc1ccccc1C(NC(N)=O)(C(=O)O)c1ccccc1. The molecule has 0 aliphatic rings. The highest BCUT2D eigenvalue weighted by atomic mass is 16.4. The Morgan fingerprint density at radius 1 is 1.05 bits per heavy atom. The van der Waals surface area contributed by atoms with E-state index >= 15 is 0 Å². The van der Waals surface area contributed by atoms with Crippen LogP contribution in [0.15, 0.2) is 54.6 Å². The van der Waals surface area contributed by atoms with Gasteiger partial charge >= 0.3 is 12.0 Å². The molecular formula is C16H16N2O3. The summed E-state index contributed by atoms with van der Waals surface area (Å²) in [6, 6.07) is 14.6. The van der Waals surface area contributed by atoms with Crippen LogP contribution in [-0.2, 0) is 10.3 Å². The molecule has 0 radical (unpaired) electrons. The van der Waals surface area contributed by atoms with Gasteiger partial charge in [-0.05, 0) is 23.6 Å². The number of nitrogens with one attached hydrogen (secondary N) is 1. The van der Waals surface area contributed by atoms with Crippen molar-refractivity contribution in [1.82, 2.24) is 5.32 Å². The van der Waals surface area contributed by atoms with Crippen LogP contribution in [0.1, 0.15) is 16.7 Å². The van der Waals surface area contributed by atoms with Crippen LogP contribution >= 0.6 is 0 Å². The molecule has 108 valence electrons. The molecule has 0 spiro atoms. The van der Waals surface area contributed by atoms with Gasteiger partial charge in [0, 0.05) is 0 Å². The molecule has 2 aromatic carbocycles. The molecule has 0 aliphatic heterocycles. The highest BCUT2D eigenvalue weighted by Crippen LogP contribution is 2.32. The second kappa shape index (κ2) is 5.66. The first-order valence-electron chi connectivity index (χ1n) is 6.41. The molecule has 2 rings (SSSR count). The average molecular weight is 284 g/mol. The molecule has 1 atom stereocenters. The average Bonchev–Trinajstić information content (AvgIpc) is 2.46. The third-order valence-electron chi connectivity index (χ3n) is 3.39. The van der Waals surface area contributed by atoms with Gasteiger partial charge < -0.3 is 16.2 Å². The Balaban J connectivity index is 2.77. The van der Waals surface area contributed by atoms with Gasteiger partial charge in [0.2, 0.25) is 0 Å². The number of aliphatic carboxylic acids is 1. The Bertz CT molecular complexity index is 670. The minimum absolute atomic E-state index is 0.436. The van der Waals surface area contributed by atoms with Crippen LogP contribution in [0.2, 0.25) is 0 Å². The minimum atomic E-state index is -1.71. The highest BCUT2D eigenvalue weighted by Gasteiger charge is 2.44. The smallest absolute Gasteiger partial charge is 0.338 e. The lowest BCUT2D eigenvalue weighted by molar-refractivity contribution is -0.143. The summed E-state index contributed by atoms with van der Waals surface area (Å²) >= 11 is 0. The highest BCUT2D eigenvalue weighted by molar-refractivity contribution is 5.91. The predicted octanol–water partition coefficient (Wildman–Crippen LogP) is 1.99. The Morgan fingerprint density at radius 3 is 2.14 bits per heavy atom. The largest absolute Gasteiger partial charge is 0.479 e. The van der Waals surface area contributed by atoms with Gasteiger partial charge in [0.15, 0.2) is 5.54 Å². The van der Waals surface area contributed by atoms with Crippen molar-refractivity contribution < 1.29 is 14.7 Å². The summed E-state index contributed by atoms with van der Waals surface area (Å²) in [6.07, 6.45) is 0. The van der Waals surface area contributed by atoms with Gasteiger partial charge in [-0.2, -0.15) is 0 Å². The van der Waals surface area contributed by atoms with E-state index in [-0.39, 0.29) is 0 Å². The van der Waals surface area contributed by atoms with Crippen LogP contribution in [0.3, 0.4) is 0 Å². The summed E-state index contributed by atoms with van der Waals surface area (Å²) in [5, 5.41) is 12.2. The molecule has 0 aromatic heterocycles. The summed E-state index contributed by atoms with van der Waals surface area (Å²) in [6.45, 7) is 1.79. The van der Waals surface area contributed by atoms with Gasteiger partial charge in [0.25, 0.3) is 0 Å². The van der Waals surface area contributed by atoms with Gasteiger partial charge in [-0.25, -0.2) is 9.59 Å². The van der Waals surface area contributed by atoms with E-state index in [1.807, 2.05) is 0 Å². The van der Waals surface area contributed by atoms with Crippen LogP contribution in [0, 0.1) is 6.92 Å². The molecular weight excluding hydrogens is 268 g/mol. The predicted molar refractivity (Wildman–Crippen MR) is 78.8 cm³/mol. The number of carbonyl (C=O) groups is 2. The molecule has 2 amide bonds. The Kier molecular flexibility index (Phi) is 3.93. The number of carbonyl (C=O) groups excluding carboxylic acids is 1. The van der Waals surface area contributed by atoms with Crippen LogP contribution in [0.4, 0.5) is 4.79 Å². The quantitative estimate of drug-likeness (QED) is 0.801. The van der Waals surface area contributed by atoms with Crippen molar-refractivity contribution >= 4 is 12.0 Å². The first kappa shape index (κ1) is 14.6. The van der Waals surface area contributed by atoms with Gasteiger partial charge in [0.05, 0.1) is 0 Å². The number of aryl methyl sites for hydroxylation is 1. The molecule has 4 N–H and O–H groups in total. The zero-order chi connectivity index (χ0) is 15.5. The van der Waals surface area contributed by atoms with Crippen LogP contribution in [0.25, 0.3) is 0 Å². The molecule has 0 saturated carbocycles. The Labute approximate surface area is 122 Å². The van der Waals surface area contributed by atoms with E-state index in [0.717, 1.165) is 5.56 Å². The maximum atomic E-state index is 12.0. The van der Waals surface area contributed by atoms with Crippen molar-refractivity contribution in [2.24, 2.45) is 5.73 Å². The van der Waals surface area contributed by atoms with Crippen LogP contribution < -0.4 is 11.1 Å². The summed E-state index contributed by atoms with van der Waals surface area (Å²) in [5.41, 5.74) is 5.18. The molecule has 2 aromatic rings. The van der Waals surface area contributed by atoms with Crippen molar-refractivity contribution in [1.29, 1.82) is 0 Å². The first-order valence-corrected chi connectivity index (χ1v) is 6.41. The number of benzene rings is 2. The molecule has 1 unspecified atom stereocenters. The van der Waals surface area contributed by atoms with Crippen molar-refractivity contribution in [2.75, 3.05) is 0 Å². The summed E-state index contributed by atoms with van der Waals surface area (Å²) < 4.78 is 0. The van der Waals surface area contributed by atoms with Gasteiger partial charge in [0.1, 0.15) is 0 Å². The third-order valence-corrected chi connectivity index (χ3v) is 3.39. The standard InChI is InChI=1S/C16H16N2O3/c1-11-7-5-6-10-13(11)16(14(19)20,18-15(17)21)12-8-3-2-4-9-12/h2-10H,1H3,(H,19,20)(H3,17,18,21). The topological polar surface area (TPSA) is 92.4 Å². The van der Waals surface area contributed by atoms with E-state index in [4.69, 9.17) is 5.73 Å². The van der Waals surface area contributed by atoms with E-state index in [1.54, 1.807) is 61.5 Å². The number of amides is 2. The monoisotopic (exact) mass is 284 g/mol. The van der Waals surface area contributed by atoms with E-state index in [0.29, 0.717) is 11.1 Å². The molecule has 21 heavy (non-hydrogen) atoms. The molecule has 0 fully saturated rings. The fraction of sp³-hybridized carbons (Fsp3) is 0.125. The molecule has 5 nitrogen and oxygen atoms in total. The lowest BCUT2D eigenvalue weighted by atomic mass is 9.80. The summed E-state index contributed by atoms with van der Waals surface area (Å²) in [5.74, 6) is -1.19. The van der Waals surface area contributed by atoms with Crippen LogP contribution in [0.5, 0.6) is 0 Å². The molecule has 5 heteroatoms. The number of carboxylic acid groups (broad SMARTS) is 1. The Morgan fingerprint density at radius 2 is 1.62 bits per heavy atom. The van der Waals surface area contributed by atoms with Crippen molar-refractivity contribution in [3.05, 3.63) is 71.3 Å². The molecule has 0 bridgehead atoms. The zero-order valence-corrected chi connectivity index (χ0v) is 11.5. The maximum Gasteiger partial charge on any atom is 0.338 e. The number of primary amides is 1. The van der Waals surface area contributed by atoms with E-state index in [9.17, 15) is 14.7 Å². The molecule has 0 aliphatic carbocycles. The number of urea groups is 1. The second-order valence-corrected chi connectivity index (χ2v) is 4.73. The van der Waals surface area contributed by atoms with Crippen molar-refractivity contribution in [2.45, 2.75) is 12.5 Å². The second-order valence-electron chi connectivity index (χ2n) is 4.73. The fourth-order valence-corrected chi connectivity index (χ4v) is 2.45. The lowest BCUT2D eigenvalue weighted by Gasteiger charge is -2.32. The van der Waals surface area contributed by atoms with Gasteiger partial charge in [-0.15, -0.1) is 0 Å². The van der Waals surface area contributed by atoms with Crippen molar-refractivity contribution in [3.8, 4) is 0 Å². The number of carboxylic acids is 1. The van der Waals surface area contributed by atoms with Gasteiger partial charge in [-0.1, -0.05) is 54.6 Å². The maximum absolute atomic E-state index is 12.0. The zero-order valence-electron chi connectivity index (χ0n) is 11.5. The third kappa shape index (κ3) is 2.58. The number of hydrogen-bond acceptors (Lipinski definition) is 2. The van der Waals surface area contributed by atoms with E-state index in [2.05, 4.69) is 5.32 Å². The number of hydrogen-bond donors (Lipinski definition) is 3. The number of nitrogens with two attached hydrogens (primary N) is 1. The van der Waals surface area contributed by atoms with E-state index < -0.39 is 17.5 Å². The first-order chi connectivity index (χ1) is 9.98. The van der Waals surface area contributed by atoms with E-state index in [1.165, 1.54) is 0 Å². The normalized spacial score (nSPS) is 13.2. The van der Waals surface area contributed by atoms with Crippen molar-refractivity contribution in [3.63, 3.8) is 0 Å². The lowest BCUT2D eigenvalue weighted by Crippen LogP contribution is -2.54. The van der Waals surface area contributed by atoms with Crippen LogP contribution in [-0.4, -0.2) is 17.1 Å². The Hall–Kier alpha value is -2.82. The summed E-state index contributed by atoms with van der Waals surface area (Å²) in [4.78, 5) is 23.5. The fourth-order valence-electron chi connectivity index (χ4n) is 2.45. The van der Waals surface area contributed by atoms with Gasteiger partial charge in [-0.3, -0.25) is 0 Å². The molecule has 0 saturated heterocycles. The number of rotatable bonds is 4.